The van der Waals surface area contributed by atoms with Crippen molar-refractivity contribution < 1.29 is 9.59 Å². The molecule has 0 saturated carbocycles. The molecule has 1 aliphatic heterocycles. The van der Waals surface area contributed by atoms with Crippen LogP contribution in [-0.4, -0.2) is 29.9 Å². The molecule has 5 heteroatoms. The number of anilines is 1. The number of nitrogens with one attached hydrogen (secondary N) is 1. The Labute approximate surface area is 170 Å². The fourth-order valence-electron chi connectivity index (χ4n) is 3.62. The number of amides is 2. The lowest BCUT2D eigenvalue weighted by Crippen LogP contribution is -2.36. The van der Waals surface area contributed by atoms with E-state index in [4.69, 9.17) is 0 Å². The molecule has 2 amide bonds. The van der Waals surface area contributed by atoms with Crippen LogP contribution >= 0.6 is 0 Å². The summed E-state index contributed by atoms with van der Waals surface area (Å²) in [5.41, 5.74) is 3.81. The summed E-state index contributed by atoms with van der Waals surface area (Å²) >= 11 is 0. The third kappa shape index (κ3) is 4.35. The van der Waals surface area contributed by atoms with Crippen LogP contribution in [0.1, 0.15) is 38.5 Å². The molecule has 1 aromatic heterocycles. The van der Waals surface area contributed by atoms with Crippen LogP contribution in [0.15, 0.2) is 72.8 Å². The molecule has 2 aromatic carbocycles. The predicted molar refractivity (Wildman–Crippen MR) is 113 cm³/mol. The topological polar surface area (TPSA) is 62.3 Å². The van der Waals surface area contributed by atoms with Crippen LogP contribution in [0.4, 0.5) is 5.69 Å². The molecular formula is C24H23N3O2. The Balaban J connectivity index is 1.44. The minimum atomic E-state index is -0.269. The Bertz CT molecular complexity index is 1020. The molecule has 1 N–H and O–H groups in total. The molecule has 0 aliphatic carbocycles. The number of benzene rings is 2. The summed E-state index contributed by atoms with van der Waals surface area (Å²) in [4.78, 5) is 31.7. The summed E-state index contributed by atoms with van der Waals surface area (Å²) in [6.07, 6.45) is 2.63. The number of pyridine rings is 1. The maximum absolute atomic E-state index is 13.1. The monoisotopic (exact) mass is 385 g/mol. The normalized spacial score (nSPS) is 12.9. The van der Waals surface area contributed by atoms with Crippen LogP contribution in [-0.2, 0) is 12.8 Å². The van der Waals surface area contributed by atoms with Crippen LogP contribution in [0.2, 0.25) is 0 Å². The predicted octanol–water partition coefficient (Wildman–Crippen LogP) is 3.65. The zero-order chi connectivity index (χ0) is 20.1. The smallest absolute Gasteiger partial charge is 0.276 e. The molecule has 0 spiro atoms. The highest BCUT2D eigenvalue weighted by atomic mass is 16.2. The van der Waals surface area contributed by atoms with Gasteiger partial charge in [0.15, 0.2) is 0 Å². The van der Waals surface area contributed by atoms with E-state index in [9.17, 15) is 9.59 Å². The fraction of sp³-hybridized carbons (Fsp3) is 0.208. The zero-order valence-corrected chi connectivity index (χ0v) is 16.2. The lowest BCUT2D eigenvalue weighted by Gasteiger charge is -2.29. The molecule has 4 rings (SSSR count). The maximum Gasteiger partial charge on any atom is 0.276 e. The fourth-order valence-corrected chi connectivity index (χ4v) is 3.62. The summed E-state index contributed by atoms with van der Waals surface area (Å²) in [5.74, 6) is -0.439. The lowest BCUT2D eigenvalue weighted by atomic mass is 10.0. The molecule has 5 nitrogen and oxygen atoms in total. The van der Waals surface area contributed by atoms with Gasteiger partial charge in [-0.1, -0.05) is 54.6 Å². The first-order chi connectivity index (χ1) is 14.2. The summed E-state index contributed by atoms with van der Waals surface area (Å²) in [6, 6.07) is 22.9. The van der Waals surface area contributed by atoms with Gasteiger partial charge in [0.2, 0.25) is 0 Å². The van der Waals surface area contributed by atoms with Gasteiger partial charge in [-0.15, -0.1) is 0 Å². The molecule has 0 radical (unpaired) electrons. The van der Waals surface area contributed by atoms with Crippen molar-refractivity contribution in [2.75, 3.05) is 18.0 Å². The van der Waals surface area contributed by atoms with E-state index in [1.165, 1.54) is 5.56 Å². The van der Waals surface area contributed by atoms with Crippen molar-refractivity contribution in [3.63, 3.8) is 0 Å². The molecular weight excluding hydrogens is 362 g/mol. The van der Waals surface area contributed by atoms with Gasteiger partial charge < -0.3 is 10.2 Å². The number of para-hydroxylation sites is 1. The Morgan fingerprint density at radius 3 is 2.52 bits per heavy atom. The van der Waals surface area contributed by atoms with Gasteiger partial charge in [0.1, 0.15) is 11.4 Å². The van der Waals surface area contributed by atoms with Crippen LogP contribution < -0.4 is 10.2 Å². The maximum atomic E-state index is 13.1. The number of carbonyl (C=O) groups excluding carboxylic acids is 2. The number of aromatic nitrogens is 1. The third-order valence-corrected chi connectivity index (χ3v) is 5.10. The van der Waals surface area contributed by atoms with Crippen molar-refractivity contribution in [2.45, 2.75) is 19.3 Å². The lowest BCUT2D eigenvalue weighted by molar-refractivity contribution is 0.0948. The number of aryl methyl sites for hydroxylation is 1. The van der Waals surface area contributed by atoms with Gasteiger partial charge in [-0.3, -0.25) is 9.59 Å². The van der Waals surface area contributed by atoms with Crippen LogP contribution in [0.5, 0.6) is 0 Å². The van der Waals surface area contributed by atoms with E-state index in [1.807, 2.05) is 48.5 Å². The van der Waals surface area contributed by atoms with E-state index in [0.717, 1.165) is 30.5 Å². The second kappa shape index (κ2) is 8.69. The average molecular weight is 385 g/mol. The average Bonchev–Trinajstić information content (AvgIpc) is 2.79. The largest absolute Gasteiger partial charge is 0.350 e. The molecule has 0 fully saturated rings. The van der Waals surface area contributed by atoms with Gasteiger partial charge in [0.05, 0.1) is 0 Å². The minimum Gasteiger partial charge on any atom is -0.350 e. The first kappa shape index (κ1) is 18.9. The second-order valence-corrected chi connectivity index (χ2v) is 7.09. The highest BCUT2D eigenvalue weighted by Gasteiger charge is 2.24. The first-order valence-electron chi connectivity index (χ1n) is 9.91. The van der Waals surface area contributed by atoms with Crippen molar-refractivity contribution >= 4 is 17.5 Å². The zero-order valence-electron chi connectivity index (χ0n) is 16.2. The molecule has 1 aliphatic rings. The highest BCUT2D eigenvalue weighted by molar-refractivity contribution is 6.06. The molecule has 3 aromatic rings. The van der Waals surface area contributed by atoms with Crippen LogP contribution in [0.3, 0.4) is 0 Å². The molecule has 2 heterocycles. The first-order valence-corrected chi connectivity index (χ1v) is 9.91. The number of fused-ring (bicyclic) bond motifs is 1. The minimum absolute atomic E-state index is 0.170. The molecule has 0 saturated heterocycles. The van der Waals surface area contributed by atoms with Gasteiger partial charge >= 0.3 is 0 Å². The van der Waals surface area contributed by atoms with Crippen LogP contribution in [0, 0.1) is 0 Å². The Morgan fingerprint density at radius 2 is 1.66 bits per heavy atom. The van der Waals surface area contributed by atoms with Crippen molar-refractivity contribution in [2.24, 2.45) is 0 Å². The van der Waals surface area contributed by atoms with Crippen molar-refractivity contribution in [1.29, 1.82) is 0 Å². The van der Waals surface area contributed by atoms with Gasteiger partial charge in [0.25, 0.3) is 11.8 Å². The molecule has 0 unspecified atom stereocenters. The second-order valence-electron chi connectivity index (χ2n) is 7.09. The third-order valence-electron chi connectivity index (χ3n) is 5.10. The van der Waals surface area contributed by atoms with Crippen molar-refractivity contribution in [3.8, 4) is 0 Å². The van der Waals surface area contributed by atoms with E-state index in [0.29, 0.717) is 13.1 Å². The standard InChI is InChI=1S/C24H23N3O2/c28-23(25-16-15-18-8-2-1-3-9-18)20-12-6-13-21(26-20)24(29)27-17-7-11-19-10-4-5-14-22(19)27/h1-6,8-10,12-14H,7,11,15-17H2,(H,25,28). The number of carbonyl (C=O) groups is 2. The Morgan fingerprint density at radius 1 is 0.897 bits per heavy atom. The molecule has 0 bridgehead atoms. The van der Waals surface area contributed by atoms with E-state index in [1.54, 1.807) is 23.1 Å². The number of hydrogen-bond donors (Lipinski definition) is 1. The van der Waals surface area contributed by atoms with Gasteiger partial charge in [-0.05, 0) is 48.6 Å². The Hall–Kier alpha value is -3.47. The molecule has 0 atom stereocenters. The van der Waals surface area contributed by atoms with E-state index >= 15 is 0 Å². The van der Waals surface area contributed by atoms with Crippen LogP contribution in [0.25, 0.3) is 0 Å². The van der Waals surface area contributed by atoms with Gasteiger partial charge in [-0.2, -0.15) is 0 Å². The molecule has 29 heavy (non-hydrogen) atoms. The van der Waals surface area contributed by atoms with E-state index in [2.05, 4.69) is 16.4 Å². The summed E-state index contributed by atoms with van der Waals surface area (Å²) in [7, 11) is 0. The van der Waals surface area contributed by atoms with E-state index in [-0.39, 0.29) is 23.2 Å². The summed E-state index contributed by atoms with van der Waals surface area (Å²) < 4.78 is 0. The van der Waals surface area contributed by atoms with Crippen molar-refractivity contribution in [1.82, 2.24) is 10.3 Å². The van der Waals surface area contributed by atoms with Gasteiger partial charge in [0, 0.05) is 18.8 Å². The number of hydrogen-bond acceptors (Lipinski definition) is 3. The number of nitrogens with zero attached hydrogens (tertiary/aromatic N) is 2. The molecule has 146 valence electrons. The van der Waals surface area contributed by atoms with Crippen molar-refractivity contribution in [3.05, 3.63) is 95.3 Å². The van der Waals surface area contributed by atoms with E-state index < -0.39 is 0 Å². The number of rotatable bonds is 5. The summed E-state index contributed by atoms with van der Waals surface area (Å²) in [6.45, 7) is 1.17. The summed E-state index contributed by atoms with van der Waals surface area (Å²) in [5, 5.41) is 2.88. The quantitative estimate of drug-likeness (QED) is 0.729. The Kier molecular flexibility index (Phi) is 5.66. The SMILES string of the molecule is O=C(NCCc1ccccc1)c1cccc(C(=O)N2CCCc3ccccc32)n1. The van der Waals surface area contributed by atoms with Gasteiger partial charge in [-0.25, -0.2) is 4.98 Å². The highest BCUT2D eigenvalue weighted by Crippen LogP contribution is 2.27.